The number of phenolic OH excluding ortho intramolecular Hbond substituents is 1. The number of aromatic nitrogens is 3. The van der Waals surface area contributed by atoms with E-state index in [2.05, 4.69) is 0 Å². The molecule has 7 rings (SSSR count). The highest BCUT2D eigenvalue weighted by Gasteiger charge is 2.65. The van der Waals surface area contributed by atoms with E-state index < -0.39 is 34.7 Å². The van der Waals surface area contributed by atoms with Crippen LogP contribution in [0.2, 0.25) is 0 Å². The van der Waals surface area contributed by atoms with Crippen molar-refractivity contribution in [1.82, 2.24) is 13.9 Å². The number of phenols is 1. The number of rotatable bonds is 5. The Balaban J connectivity index is 1.47. The van der Waals surface area contributed by atoms with E-state index in [1.165, 1.54) is 28.5 Å². The number of benzene rings is 3. The number of hydrogen-bond acceptors (Lipinski definition) is 7. The van der Waals surface area contributed by atoms with Crippen LogP contribution in [0.3, 0.4) is 0 Å². The second-order valence-corrected chi connectivity index (χ2v) is 11.5. The summed E-state index contributed by atoms with van der Waals surface area (Å²) in [6.07, 6.45) is 2.01. The molecule has 0 bridgehead atoms. The maximum absolute atomic E-state index is 14.5. The fraction of sp³-hybridized carbons (Fsp3) is 0.273. The van der Waals surface area contributed by atoms with E-state index in [0.29, 0.717) is 16.9 Å². The number of para-hydroxylation sites is 2. The molecule has 4 atom stereocenters. The van der Waals surface area contributed by atoms with Crippen LogP contribution in [0.15, 0.2) is 94.0 Å². The molecule has 1 saturated heterocycles. The van der Waals surface area contributed by atoms with Gasteiger partial charge in [0, 0.05) is 5.92 Å². The molecule has 44 heavy (non-hydrogen) atoms. The van der Waals surface area contributed by atoms with E-state index >= 15 is 0 Å². The van der Waals surface area contributed by atoms with Crippen molar-refractivity contribution in [2.45, 2.75) is 31.8 Å². The van der Waals surface area contributed by atoms with Gasteiger partial charge >= 0.3 is 11.4 Å². The highest BCUT2D eigenvalue weighted by Crippen LogP contribution is 2.62. The normalized spacial score (nSPS) is 23.9. The third-order valence-electron chi connectivity index (χ3n) is 9.40. The fourth-order valence-corrected chi connectivity index (χ4v) is 7.36. The first-order chi connectivity index (χ1) is 21.2. The van der Waals surface area contributed by atoms with Gasteiger partial charge in [-0.3, -0.25) is 9.59 Å². The minimum absolute atomic E-state index is 0.0911. The van der Waals surface area contributed by atoms with Gasteiger partial charge in [-0.1, -0.05) is 42.5 Å². The van der Waals surface area contributed by atoms with Crippen LogP contribution in [0.25, 0.3) is 5.69 Å². The molecule has 2 aliphatic heterocycles. The van der Waals surface area contributed by atoms with Gasteiger partial charge in [-0.2, -0.15) is 0 Å². The Bertz CT molecular complexity index is 1950. The van der Waals surface area contributed by atoms with Crippen molar-refractivity contribution in [2.75, 3.05) is 19.1 Å². The summed E-state index contributed by atoms with van der Waals surface area (Å²) in [7, 11) is 2.83. The van der Waals surface area contributed by atoms with Crippen LogP contribution in [0.4, 0.5) is 5.69 Å². The highest BCUT2D eigenvalue weighted by molar-refractivity contribution is 6.24. The van der Waals surface area contributed by atoms with Crippen LogP contribution in [-0.4, -0.2) is 45.1 Å². The van der Waals surface area contributed by atoms with Crippen molar-refractivity contribution in [3.8, 4) is 22.9 Å². The molecule has 11 heteroatoms. The van der Waals surface area contributed by atoms with Gasteiger partial charge in [0.2, 0.25) is 17.6 Å². The van der Waals surface area contributed by atoms with Gasteiger partial charge in [-0.25, -0.2) is 28.4 Å². The second kappa shape index (κ2) is 9.87. The number of methoxy groups -OCH3 is 2. The number of allylic oxidation sites excluding steroid dienone is 2. The van der Waals surface area contributed by atoms with E-state index in [1.807, 2.05) is 12.1 Å². The van der Waals surface area contributed by atoms with E-state index in [9.17, 15) is 24.3 Å². The second-order valence-electron chi connectivity index (χ2n) is 11.5. The third-order valence-corrected chi connectivity index (χ3v) is 9.40. The van der Waals surface area contributed by atoms with Gasteiger partial charge in [0.25, 0.3) is 0 Å². The monoisotopic (exact) mass is 594 g/mol. The highest BCUT2D eigenvalue weighted by atomic mass is 16.5. The number of carbonyl (C=O) groups excluding carboxylic acids is 2. The minimum Gasteiger partial charge on any atom is -0.502 e. The van der Waals surface area contributed by atoms with Crippen LogP contribution in [0.5, 0.6) is 17.2 Å². The molecule has 2 fully saturated rings. The maximum atomic E-state index is 14.5. The van der Waals surface area contributed by atoms with Gasteiger partial charge in [0.05, 0.1) is 49.5 Å². The molecular formula is C33H30N4O7. The largest absolute Gasteiger partial charge is 0.502 e. The lowest BCUT2D eigenvalue weighted by molar-refractivity contribution is -0.129. The van der Waals surface area contributed by atoms with E-state index in [0.717, 1.165) is 10.1 Å². The first kappa shape index (κ1) is 27.5. The minimum atomic E-state index is -1.27. The standard InChI is InChI=1S/C33H30N4O7/c1-33-23(29(39)35(30(33)40)20-10-6-4-7-11-20)18-24-22(27(33)19-16-25(43-2)28(38)26(17-19)44-3)14-15-34-31(41)36(32(42)37(24)34)21-12-8-5-9-13-21/h4-14,16-17,23-24,27,38H,15,18H2,1-3H3/t23-,24+,27-,33+/m0/s1. The topological polar surface area (TPSA) is 125 Å². The average Bonchev–Trinajstić information content (AvgIpc) is 3.41. The zero-order chi connectivity index (χ0) is 30.9. The smallest absolute Gasteiger partial charge is 0.352 e. The van der Waals surface area contributed by atoms with Crippen molar-refractivity contribution in [3.63, 3.8) is 0 Å². The van der Waals surface area contributed by atoms with Gasteiger partial charge in [0.15, 0.2) is 11.5 Å². The van der Waals surface area contributed by atoms with Crippen LogP contribution in [0.1, 0.15) is 30.9 Å². The number of hydrogen-bond donors (Lipinski definition) is 1. The van der Waals surface area contributed by atoms with Crippen LogP contribution < -0.4 is 25.8 Å². The number of nitrogens with zero attached hydrogens (tertiary/aromatic N) is 4. The molecule has 224 valence electrons. The summed E-state index contributed by atoms with van der Waals surface area (Å²) < 4.78 is 14.9. The molecule has 3 aromatic carbocycles. The van der Waals surface area contributed by atoms with Crippen molar-refractivity contribution < 1.29 is 24.2 Å². The van der Waals surface area contributed by atoms with E-state index in [4.69, 9.17) is 9.47 Å². The van der Waals surface area contributed by atoms with Crippen molar-refractivity contribution in [3.05, 3.63) is 111 Å². The number of fused-ring (bicyclic) bond motifs is 4. The molecule has 11 nitrogen and oxygen atoms in total. The summed E-state index contributed by atoms with van der Waals surface area (Å²) in [5.41, 5.74) is -0.101. The lowest BCUT2D eigenvalue weighted by Gasteiger charge is -2.47. The Morgan fingerprint density at radius 2 is 1.43 bits per heavy atom. The fourth-order valence-electron chi connectivity index (χ4n) is 7.36. The number of imide groups is 1. The number of amides is 2. The first-order valence-electron chi connectivity index (χ1n) is 14.3. The molecule has 0 radical (unpaired) electrons. The molecule has 0 spiro atoms. The zero-order valence-corrected chi connectivity index (χ0v) is 24.3. The zero-order valence-electron chi connectivity index (χ0n) is 24.3. The van der Waals surface area contributed by atoms with E-state index in [-0.39, 0.29) is 42.0 Å². The number of anilines is 1. The summed E-state index contributed by atoms with van der Waals surface area (Å²) >= 11 is 0. The summed E-state index contributed by atoms with van der Waals surface area (Å²) in [5, 5.41) is 10.7. The van der Waals surface area contributed by atoms with Crippen molar-refractivity contribution in [2.24, 2.45) is 11.3 Å². The molecule has 1 saturated carbocycles. The number of ether oxygens (including phenoxy) is 2. The Kier molecular flexibility index (Phi) is 6.17. The van der Waals surface area contributed by atoms with E-state index in [1.54, 1.807) is 73.7 Å². The van der Waals surface area contributed by atoms with Crippen LogP contribution >= 0.6 is 0 Å². The maximum Gasteiger partial charge on any atom is 0.352 e. The van der Waals surface area contributed by atoms with Gasteiger partial charge in [0.1, 0.15) is 0 Å². The van der Waals surface area contributed by atoms with Crippen LogP contribution in [0, 0.1) is 11.3 Å². The lowest BCUT2D eigenvalue weighted by atomic mass is 9.56. The molecule has 4 aromatic rings. The summed E-state index contributed by atoms with van der Waals surface area (Å²) in [4.78, 5) is 57.6. The van der Waals surface area contributed by atoms with Crippen molar-refractivity contribution in [1.29, 1.82) is 0 Å². The SMILES string of the molecule is COc1cc([C@H]2C3=CCn4c(=O)n(-c5ccccc5)c(=O)n4[C@@H]3C[C@H]3C(=O)N(c4ccccc4)C(=O)[C@@]23C)cc(OC)c1O. The molecule has 1 aliphatic carbocycles. The number of carbonyl (C=O) groups is 2. The predicted octanol–water partition coefficient (Wildman–Crippen LogP) is 3.39. The van der Waals surface area contributed by atoms with Crippen LogP contribution in [-0.2, 0) is 16.1 Å². The molecule has 2 amide bonds. The first-order valence-corrected chi connectivity index (χ1v) is 14.3. The van der Waals surface area contributed by atoms with Crippen molar-refractivity contribution >= 4 is 17.5 Å². The molecule has 3 aliphatic rings. The Labute approximate surface area is 251 Å². The Hall–Kier alpha value is -5.32. The van der Waals surface area contributed by atoms with Gasteiger partial charge in [-0.15, -0.1) is 0 Å². The summed E-state index contributed by atoms with van der Waals surface area (Å²) in [6.45, 7) is 1.88. The Morgan fingerprint density at radius 1 is 0.841 bits per heavy atom. The molecule has 1 aromatic heterocycles. The Morgan fingerprint density at radius 3 is 2.02 bits per heavy atom. The average molecular weight is 595 g/mol. The molecular weight excluding hydrogens is 564 g/mol. The molecule has 0 unspecified atom stereocenters. The third kappa shape index (κ3) is 3.61. The summed E-state index contributed by atoms with van der Waals surface area (Å²) in [5.74, 6) is -2.22. The molecule has 3 heterocycles. The number of aromatic hydroxyl groups is 1. The molecule has 1 N–H and O–H groups in total. The quantitative estimate of drug-likeness (QED) is 0.277. The van der Waals surface area contributed by atoms with Gasteiger partial charge in [-0.05, 0) is 60.9 Å². The lowest BCUT2D eigenvalue weighted by Crippen LogP contribution is -2.49. The predicted molar refractivity (Wildman–Crippen MR) is 161 cm³/mol. The van der Waals surface area contributed by atoms with Gasteiger partial charge < -0.3 is 14.6 Å². The summed E-state index contributed by atoms with van der Waals surface area (Å²) in [6, 6.07) is 20.0.